The maximum Gasteiger partial charge on any atom is 0.222 e. The van der Waals surface area contributed by atoms with Crippen LogP contribution >= 0.6 is 86.3 Å². The van der Waals surface area contributed by atoms with Crippen LogP contribution in [0.1, 0.15) is 66.9 Å². The Hall–Kier alpha value is -5.35. The molecule has 0 fully saturated rings. The number of nitrogens with one attached hydrogen (secondary N) is 1. The van der Waals surface area contributed by atoms with Gasteiger partial charge in [-0.3, -0.25) is 9.13 Å². The lowest BCUT2D eigenvalue weighted by Gasteiger charge is -2.28. The first kappa shape index (κ1) is 53.0. The van der Waals surface area contributed by atoms with Crippen molar-refractivity contribution in [2.45, 2.75) is 54.8 Å². The number of hydrogen-bond donors (Lipinski definition) is 1. The third kappa shape index (κ3) is 12.5. The van der Waals surface area contributed by atoms with Gasteiger partial charge >= 0.3 is 0 Å². The predicted molar refractivity (Wildman–Crippen MR) is 278 cm³/mol. The predicted octanol–water partition coefficient (Wildman–Crippen LogP) is 17.5. The molecule has 352 valence electrons. The van der Waals surface area contributed by atoms with Gasteiger partial charge in [0.05, 0.1) is 49.8 Å². The minimum Gasteiger partial charge on any atom is -0.337 e. The van der Waals surface area contributed by atoms with Gasteiger partial charge in [-0.15, -0.1) is 0 Å². The number of nitriles is 1. The number of thioether (sulfide) groups is 1. The van der Waals surface area contributed by atoms with Crippen LogP contribution in [-0.4, -0.2) is 19.1 Å². The van der Waals surface area contributed by atoms with Crippen molar-refractivity contribution < 1.29 is 17.6 Å². The first-order valence-corrected chi connectivity index (χ1v) is 24.7. The van der Waals surface area contributed by atoms with E-state index in [1.165, 1.54) is 60.3 Å². The highest BCUT2D eigenvalue weighted by atomic mass is 79.9. The Labute approximate surface area is 435 Å². The van der Waals surface area contributed by atoms with Crippen LogP contribution in [0.15, 0.2) is 139 Å². The first-order chi connectivity index (χ1) is 32.8. The lowest BCUT2D eigenvalue weighted by atomic mass is 9.81. The average Bonchev–Trinajstić information content (AvgIpc) is 3.96. The Morgan fingerprint density at radius 3 is 1.74 bits per heavy atom. The molecule has 69 heavy (non-hydrogen) atoms. The Bertz CT molecular complexity index is 3270. The van der Waals surface area contributed by atoms with E-state index in [0.717, 1.165) is 45.0 Å². The van der Waals surface area contributed by atoms with Crippen LogP contribution in [-0.2, 0) is 21.9 Å². The average molecular weight is 1110 g/mol. The molecule has 0 spiro atoms. The van der Waals surface area contributed by atoms with E-state index in [2.05, 4.69) is 58.4 Å². The summed E-state index contributed by atoms with van der Waals surface area (Å²) in [6.07, 6.45) is 3.66. The van der Waals surface area contributed by atoms with Gasteiger partial charge in [0.15, 0.2) is 9.93 Å². The summed E-state index contributed by atoms with van der Waals surface area (Å²) < 4.78 is 57.7. The number of imidazole rings is 2. The molecule has 0 aliphatic heterocycles. The molecule has 6 aromatic carbocycles. The highest BCUT2D eigenvalue weighted by Crippen LogP contribution is 2.39. The minimum absolute atomic E-state index is 0.00131. The molecule has 8 aromatic rings. The van der Waals surface area contributed by atoms with E-state index in [4.69, 9.17) is 70.5 Å². The summed E-state index contributed by atoms with van der Waals surface area (Å²) in [5.74, 6) is -1.15. The summed E-state index contributed by atoms with van der Waals surface area (Å²) in [4.78, 5) is 10.8. The molecule has 0 bridgehead atoms. The van der Waals surface area contributed by atoms with Crippen LogP contribution in [0.5, 0.6) is 0 Å². The first-order valence-electron chi connectivity index (χ1n) is 20.6. The van der Waals surface area contributed by atoms with Gasteiger partial charge in [0.1, 0.15) is 29.3 Å². The fourth-order valence-electron chi connectivity index (χ4n) is 7.08. The second-order valence-corrected chi connectivity index (χ2v) is 19.8. The number of aromatic amines is 1. The van der Waals surface area contributed by atoms with E-state index in [9.17, 15) is 17.6 Å². The van der Waals surface area contributed by atoms with Gasteiger partial charge in [0, 0.05) is 39.5 Å². The minimum atomic E-state index is -0.547. The molecule has 1 N–H and O–H groups in total. The van der Waals surface area contributed by atoms with Crippen molar-refractivity contribution in [2.24, 2.45) is 0 Å². The fraction of sp³-hybridized carbons (Fsp3) is 0.154. The Balaban J connectivity index is 0.000000193. The molecule has 0 radical (unpaired) electrons. The van der Waals surface area contributed by atoms with Crippen molar-refractivity contribution in [3.05, 3.63) is 232 Å². The monoisotopic (exact) mass is 1110 g/mol. The van der Waals surface area contributed by atoms with Crippen molar-refractivity contribution in [3.8, 4) is 17.4 Å². The Morgan fingerprint density at radius 1 is 0.696 bits per heavy atom. The summed E-state index contributed by atoms with van der Waals surface area (Å²) >= 11 is 34.7. The van der Waals surface area contributed by atoms with E-state index >= 15 is 0 Å². The molecule has 2 aromatic heterocycles. The van der Waals surface area contributed by atoms with Crippen molar-refractivity contribution in [1.29, 1.82) is 5.26 Å². The summed E-state index contributed by atoms with van der Waals surface area (Å²) in [5, 5.41) is 12.4. The maximum atomic E-state index is 13.7. The van der Waals surface area contributed by atoms with Crippen LogP contribution in [0.3, 0.4) is 0 Å². The SMILES string of the molecule is CC(C)(c1ccc(Cl)c(Cl)c1)c1c[nH]c(=S)n1-c1ccc(F)cc1.CC(C)(c1ccc(Cl)c(Cl)c1)c1cnc(SCc2ccc(F)c(C#N)c2)n1-c1ccc(F)cc1.[C-]#[N+]c1cc(CBr)ccc1F. The van der Waals surface area contributed by atoms with E-state index in [1.54, 1.807) is 54.7 Å². The molecule has 0 amide bonds. The smallest absolute Gasteiger partial charge is 0.222 e. The molecule has 0 saturated carbocycles. The fourth-order valence-corrected chi connectivity index (χ4v) is 9.22. The summed E-state index contributed by atoms with van der Waals surface area (Å²) in [5.41, 5.74) is 6.19. The third-order valence-electron chi connectivity index (χ3n) is 11.0. The van der Waals surface area contributed by atoms with Crippen LogP contribution in [0, 0.1) is 45.9 Å². The lowest BCUT2D eigenvalue weighted by molar-refractivity contribution is 0.591. The number of alkyl halides is 1. The topological polar surface area (TPSA) is 66.7 Å². The van der Waals surface area contributed by atoms with Gasteiger partial charge < -0.3 is 4.98 Å². The van der Waals surface area contributed by atoms with Gasteiger partial charge in [-0.2, -0.15) is 5.26 Å². The van der Waals surface area contributed by atoms with Crippen molar-refractivity contribution in [1.82, 2.24) is 19.1 Å². The number of benzene rings is 6. The van der Waals surface area contributed by atoms with E-state index in [-0.39, 0.29) is 22.9 Å². The van der Waals surface area contributed by atoms with Gasteiger partial charge in [-0.1, -0.05) is 126 Å². The zero-order valence-corrected chi connectivity index (χ0v) is 43.3. The van der Waals surface area contributed by atoms with Gasteiger partial charge in [-0.25, -0.2) is 27.4 Å². The normalized spacial score (nSPS) is 11.2. The molecule has 8 rings (SSSR count). The molecule has 0 aliphatic rings. The third-order valence-corrected chi connectivity index (χ3v) is 14.5. The number of halogens is 9. The molecule has 17 heteroatoms. The zero-order valence-electron chi connectivity index (χ0n) is 37.1. The lowest BCUT2D eigenvalue weighted by Crippen LogP contribution is -2.23. The molecular formula is C52H39BrCl4F4N6S2. The highest BCUT2D eigenvalue weighted by Gasteiger charge is 2.31. The summed E-state index contributed by atoms with van der Waals surface area (Å²) in [6, 6.07) is 34.4. The van der Waals surface area contributed by atoms with Crippen LogP contribution in [0.2, 0.25) is 20.1 Å². The summed E-state index contributed by atoms with van der Waals surface area (Å²) in [7, 11) is 0. The second-order valence-electron chi connectivity index (χ2n) is 16.3. The molecular weight excluding hydrogens is 1070 g/mol. The van der Waals surface area contributed by atoms with E-state index in [1.807, 2.05) is 45.7 Å². The number of H-pyrrole nitrogens is 1. The van der Waals surface area contributed by atoms with Gasteiger partial charge in [0.2, 0.25) is 5.69 Å². The summed E-state index contributed by atoms with van der Waals surface area (Å²) in [6.45, 7) is 14.9. The van der Waals surface area contributed by atoms with Crippen molar-refractivity contribution in [2.75, 3.05) is 0 Å². The zero-order chi connectivity index (χ0) is 50.2. The molecule has 2 heterocycles. The Morgan fingerprint density at radius 2 is 1.22 bits per heavy atom. The number of hydrogen-bond acceptors (Lipinski definition) is 4. The largest absolute Gasteiger partial charge is 0.337 e. The van der Waals surface area contributed by atoms with Crippen LogP contribution in [0.4, 0.5) is 23.2 Å². The number of rotatable bonds is 10. The maximum absolute atomic E-state index is 13.7. The number of aromatic nitrogens is 4. The van der Waals surface area contributed by atoms with Crippen LogP contribution < -0.4 is 0 Å². The Kier molecular flexibility index (Phi) is 17.7. The van der Waals surface area contributed by atoms with Gasteiger partial charge in [-0.05, 0) is 132 Å². The molecule has 0 aliphatic carbocycles. The molecule has 0 atom stereocenters. The quantitative estimate of drug-likeness (QED) is 0.0487. The standard InChI is InChI=1S/C26H19Cl2F2N3S.C18H15Cl2FN2S.C8H5BrFN/c1-26(2,18-4-9-21(27)22(28)12-18)24-14-32-25(33(24)20-7-5-19(29)6-8-20)34-15-16-3-10-23(30)17(11-16)13-31;1-18(2,11-3-8-14(19)15(20)9-11)16-10-22-17(24)23(16)13-6-4-12(21)5-7-13;1-11-8-4-6(5-9)2-3-7(8)10/h3-12,14H,15H2,1-2H3;3-10H,1-2H3,(H,22,24);2-4H,5H2. The van der Waals surface area contributed by atoms with Crippen LogP contribution in [0.25, 0.3) is 16.2 Å². The van der Waals surface area contributed by atoms with E-state index < -0.39 is 22.5 Å². The highest BCUT2D eigenvalue weighted by molar-refractivity contribution is 9.08. The number of nitrogens with zero attached hydrogens (tertiary/aromatic N) is 5. The van der Waals surface area contributed by atoms with Gasteiger partial charge in [0.25, 0.3) is 0 Å². The van der Waals surface area contributed by atoms with Crippen molar-refractivity contribution >= 4 is 92.0 Å². The molecule has 6 nitrogen and oxygen atoms in total. The van der Waals surface area contributed by atoms with E-state index in [0.29, 0.717) is 41.1 Å². The second kappa shape index (κ2) is 23.0. The molecule has 0 unspecified atom stereocenters. The van der Waals surface area contributed by atoms with Crippen molar-refractivity contribution in [3.63, 3.8) is 0 Å². The molecule has 0 saturated heterocycles.